The van der Waals surface area contributed by atoms with E-state index in [1.807, 2.05) is 6.92 Å². The summed E-state index contributed by atoms with van der Waals surface area (Å²) in [7, 11) is 3.49. The van der Waals surface area contributed by atoms with E-state index in [1.165, 1.54) is 0 Å². The van der Waals surface area contributed by atoms with E-state index < -0.39 is 0 Å². The van der Waals surface area contributed by atoms with Crippen LogP contribution in [-0.4, -0.2) is 39.1 Å². The quantitative estimate of drug-likeness (QED) is 0.644. The molecule has 0 radical (unpaired) electrons. The summed E-state index contributed by atoms with van der Waals surface area (Å²) in [5, 5.41) is 0. The number of hydrogen-bond acceptors (Lipinski definition) is 3. The van der Waals surface area contributed by atoms with Crippen LogP contribution in [0.1, 0.15) is 41.0 Å². The van der Waals surface area contributed by atoms with E-state index in [-0.39, 0.29) is 17.1 Å². The van der Waals surface area contributed by atoms with Crippen LogP contribution in [0.25, 0.3) is 0 Å². The van der Waals surface area contributed by atoms with Crippen molar-refractivity contribution < 1.29 is 14.2 Å². The fraction of sp³-hybridized carbons (Fsp3) is 1.00. The van der Waals surface area contributed by atoms with E-state index in [0.29, 0.717) is 6.61 Å². The molecule has 3 nitrogen and oxygen atoms in total. The Morgan fingerprint density at radius 2 is 1.62 bits per heavy atom. The van der Waals surface area contributed by atoms with E-state index in [4.69, 9.17) is 14.2 Å². The summed E-state index contributed by atoms with van der Waals surface area (Å²) in [5.41, 5.74) is -0.101. The second-order valence-electron chi connectivity index (χ2n) is 5.51. The van der Waals surface area contributed by atoms with E-state index in [9.17, 15) is 0 Å². The SMILES string of the molecule is CCOC[C@H](OC)C(C)(C)CC(C)(C)OC. The Kier molecular flexibility index (Phi) is 6.53. The van der Waals surface area contributed by atoms with Gasteiger partial charge < -0.3 is 14.2 Å². The number of hydrogen-bond donors (Lipinski definition) is 0. The van der Waals surface area contributed by atoms with Gasteiger partial charge in [-0.05, 0) is 32.6 Å². The highest BCUT2D eigenvalue weighted by Crippen LogP contribution is 2.34. The number of rotatable bonds is 8. The minimum Gasteiger partial charge on any atom is -0.379 e. The first-order chi connectivity index (χ1) is 7.29. The van der Waals surface area contributed by atoms with Crippen LogP contribution >= 0.6 is 0 Å². The molecule has 98 valence electrons. The fourth-order valence-electron chi connectivity index (χ4n) is 2.12. The minimum atomic E-state index is -0.132. The van der Waals surface area contributed by atoms with Crippen LogP contribution in [0.2, 0.25) is 0 Å². The van der Waals surface area contributed by atoms with Crippen molar-refractivity contribution in [1.82, 2.24) is 0 Å². The van der Waals surface area contributed by atoms with Crippen LogP contribution in [0, 0.1) is 5.41 Å². The molecule has 0 aliphatic heterocycles. The van der Waals surface area contributed by atoms with Crippen molar-refractivity contribution in [3.63, 3.8) is 0 Å². The fourth-order valence-corrected chi connectivity index (χ4v) is 2.12. The Bertz CT molecular complexity index is 188. The molecule has 0 aliphatic carbocycles. The maximum Gasteiger partial charge on any atom is 0.0856 e. The largest absolute Gasteiger partial charge is 0.379 e. The lowest BCUT2D eigenvalue weighted by atomic mass is 9.77. The van der Waals surface area contributed by atoms with Crippen molar-refractivity contribution in [3.05, 3.63) is 0 Å². The molecule has 0 unspecified atom stereocenters. The molecule has 0 saturated heterocycles. The standard InChI is InChI=1S/C13H28O3/c1-8-16-9-11(14-6)12(2,3)10-13(4,5)15-7/h11H,8-10H2,1-7H3/t11-/m0/s1. The lowest BCUT2D eigenvalue weighted by Crippen LogP contribution is -2.41. The van der Waals surface area contributed by atoms with Gasteiger partial charge in [0.1, 0.15) is 0 Å². The molecule has 0 heterocycles. The van der Waals surface area contributed by atoms with Crippen molar-refractivity contribution in [2.24, 2.45) is 5.41 Å². The lowest BCUT2D eigenvalue weighted by molar-refractivity contribution is -0.0899. The van der Waals surface area contributed by atoms with Gasteiger partial charge in [0.15, 0.2) is 0 Å². The molecular formula is C13H28O3. The Morgan fingerprint density at radius 1 is 1.06 bits per heavy atom. The summed E-state index contributed by atoms with van der Waals surface area (Å²) < 4.78 is 16.5. The summed E-state index contributed by atoms with van der Waals surface area (Å²) >= 11 is 0. The predicted molar refractivity (Wildman–Crippen MR) is 66.8 cm³/mol. The highest BCUT2D eigenvalue weighted by Gasteiger charge is 2.35. The van der Waals surface area contributed by atoms with Gasteiger partial charge in [0.2, 0.25) is 0 Å². The molecule has 0 aliphatic rings. The average Bonchev–Trinajstić information content (AvgIpc) is 2.17. The smallest absolute Gasteiger partial charge is 0.0856 e. The molecule has 0 aromatic heterocycles. The minimum absolute atomic E-state index is 0.0312. The van der Waals surface area contributed by atoms with Crippen LogP contribution in [-0.2, 0) is 14.2 Å². The Hall–Kier alpha value is -0.120. The van der Waals surface area contributed by atoms with Crippen LogP contribution in [0.5, 0.6) is 0 Å². The highest BCUT2D eigenvalue weighted by molar-refractivity contribution is 4.86. The van der Waals surface area contributed by atoms with E-state index in [1.54, 1.807) is 14.2 Å². The molecule has 0 saturated carbocycles. The molecule has 0 aromatic rings. The van der Waals surface area contributed by atoms with Gasteiger partial charge in [0.05, 0.1) is 18.3 Å². The van der Waals surface area contributed by atoms with Crippen LogP contribution < -0.4 is 0 Å². The zero-order valence-corrected chi connectivity index (χ0v) is 11.9. The first-order valence-corrected chi connectivity index (χ1v) is 5.94. The monoisotopic (exact) mass is 232 g/mol. The third-order valence-electron chi connectivity index (χ3n) is 3.06. The molecule has 0 fully saturated rings. The van der Waals surface area contributed by atoms with Crippen molar-refractivity contribution in [1.29, 1.82) is 0 Å². The molecule has 16 heavy (non-hydrogen) atoms. The number of methoxy groups -OCH3 is 2. The van der Waals surface area contributed by atoms with Gasteiger partial charge in [-0.3, -0.25) is 0 Å². The summed E-state index contributed by atoms with van der Waals surface area (Å²) in [6, 6.07) is 0. The average molecular weight is 232 g/mol. The summed E-state index contributed by atoms with van der Waals surface area (Å²) in [5.74, 6) is 0. The highest BCUT2D eigenvalue weighted by atomic mass is 16.5. The van der Waals surface area contributed by atoms with Gasteiger partial charge in [0, 0.05) is 20.8 Å². The normalized spacial score (nSPS) is 15.2. The molecule has 0 spiro atoms. The van der Waals surface area contributed by atoms with Gasteiger partial charge in [0.25, 0.3) is 0 Å². The van der Waals surface area contributed by atoms with Gasteiger partial charge >= 0.3 is 0 Å². The van der Waals surface area contributed by atoms with Crippen LogP contribution in [0.15, 0.2) is 0 Å². The zero-order chi connectivity index (χ0) is 12.8. The second-order valence-corrected chi connectivity index (χ2v) is 5.51. The lowest BCUT2D eigenvalue weighted by Gasteiger charge is -2.38. The molecule has 3 heteroatoms. The Balaban J connectivity index is 4.47. The Morgan fingerprint density at radius 3 is 2.00 bits per heavy atom. The molecule has 0 amide bonds. The van der Waals surface area contributed by atoms with Crippen molar-refractivity contribution in [3.8, 4) is 0 Å². The van der Waals surface area contributed by atoms with Crippen molar-refractivity contribution >= 4 is 0 Å². The molecule has 1 atom stereocenters. The van der Waals surface area contributed by atoms with E-state index >= 15 is 0 Å². The topological polar surface area (TPSA) is 27.7 Å². The zero-order valence-electron chi connectivity index (χ0n) is 11.9. The summed E-state index contributed by atoms with van der Waals surface area (Å²) in [6.07, 6.45) is 1.03. The maximum absolute atomic E-state index is 5.53. The van der Waals surface area contributed by atoms with Crippen molar-refractivity contribution in [2.75, 3.05) is 27.4 Å². The molecule has 0 rings (SSSR count). The van der Waals surface area contributed by atoms with Gasteiger partial charge in [-0.1, -0.05) is 13.8 Å². The Labute approximate surface area is 100 Å². The second kappa shape index (κ2) is 6.58. The molecular weight excluding hydrogens is 204 g/mol. The summed E-state index contributed by atoms with van der Waals surface area (Å²) in [6.45, 7) is 12.0. The van der Waals surface area contributed by atoms with E-state index in [0.717, 1.165) is 13.0 Å². The third-order valence-corrected chi connectivity index (χ3v) is 3.06. The predicted octanol–water partition coefficient (Wildman–Crippen LogP) is 2.88. The molecule has 0 N–H and O–H groups in total. The van der Waals surface area contributed by atoms with Gasteiger partial charge in [-0.2, -0.15) is 0 Å². The summed E-state index contributed by atoms with van der Waals surface area (Å²) in [4.78, 5) is 0. The first kappa shape index (κ1) is 15.9. The van der Waals surface area contributed by atoms with Crippen LogP contribution in [0.3, 0.4) is 0 Å². The van der Waals surface area contributed by atoms with Gasteiger partial charge in [-0.15, -0.1) is 0 Å². The maximum atomic E-state index is 5.53. The molecule has 0 bridgehead atoms. The number of ether oxygens (including phenoxy) is 3. The van der Waals surface area contributed by atoms with Crippen LogP contribution in [0.4, 0.5) is 0 Å². The van der Waals surface area contributed by atoms with E-state index in [2.05, 4.69) is 27.7 Å². The molecule has 0 aromatic carbocycles. The van der Waals surface area contributed by atoms with Gasteiger partial charge in [-0.25, -0.2) is 0 Å². The van der Waals surface area contributed by atoms with Crippen molar-refractivity contribution in [2.45, 2.75) is 52.7 Å². The first-order valence-electron chi connectivity index (χ1n) is 5.94. The third kappa shape index (κ3) is 5.28.